The van der Waals surface area contributed by atoms with Gasteiger partial charge in [0.1, 0.15) is 5.82 Å². The van der Waals surface area contributed by atoms with Crippen molar-refractivity contribution >= 4 is 11.0 Å². The van der Waals surface area contributed by atoms with Crippen molar-refractivity contribution in [2.75, 3.05) is 0 Å². The predicted octanol–water partition coefficient (Wildman–Crippen LogP) is 3.10. The van der Waals surface area contributed by atoms with Crippen molar-refractivity contribution in [3.63, 3.8) is 0 Å². The summed E-state index contributed by atoms with van der Waals surface area (Å²) in [5.41, 5.74) is 2.98. The van der Waals surface area contributed by atoms with Gasteiger partial charge in [-0.2, -0.15) is 5.26 Å². The smallest absolute Gasteiger partial charge is 0.124 e. The molecule has 92 valence electrons. The zero-order chi connectivity index (χ0) is 13.2. The molecule has 3 rings (SSSR count). The Kier molecular flexibility index (Phi) is 2.73. The van der Waals surface area contributed by atoms with Crippen molar-refractivity contribution in [1.29, 1.82) is 5.26 Å². The molecular formula is C15H10FN3. The molecule has 0 bridgehead atoms. The van der Waals surface area contributed by atoms with Gasteiger partial charge >= 0.3 is 0 Å². The van der Waals surface area contributed by atoms with Crippen LogP contribution in [0.5, 0.6) is 0 Å². The minimum absolute atomic E-state index is 0.333. The Morgan fingerprint density at radius 3 is 2.89 bits per heavy atom. The molecule has 0 amide bonds. The lowest BCUT2D eigenvalue weighted by Gasteiger charge is -2.05. The lowest BCUT2D eigenvalue weighted by atomic mass is 10.1. The van der Waals surface area contributed by atoms with Crippen LogP contribution in [0.4, 0.5) is 4.39 Å². The molecule has 0 fully saturated rings. The summed E-state index contributed by atoms with van der Waals surface area (Å²) >= 11 is 0. The summed E-state index contributed by atoms with van der Waals surface area (Å²) in [5.74, 6) is -0.390. The maximum absolute atomic E-state index is 13.4. The van der Waals surface area contributed by atoms with Gasteiger partial charge in [-0.05, 0) is 35.9 Å². The number of imidazole rings is 1. The largest absolute Gasteiger partial charge is 0.326 e. The fourth-order valence-corrected chi connectivity index (χ4v) is 2.14. The third kappa shape index (κ3) is 2.18. The fraction of sp³-hybridized carbons (Fsp3) is 0.0667. The summed E-state index contributed by atoms with van der Waals surface area (Å²) in [6, 6.07) is 14.1. The molecule has 0 spiro atoms. The first-order valence-corrected chi connectivity index (χ1v) is 5.86. The summed E-state index contributed by atoms with van der Waals surface area (Å²) in [6.45, 7) is 0.493. The van der Waals surface area contributed by atoms with Gasteiger partial charge in [0.15, 0.2) is 0 Å². The highest BCUT2D eigenvalue weighted by Crippen LogP contribution is 2.15. The van der Waals surface area contributed by atoms with Crippen molar-refractivity contribution in [2.24, 2.45) is 0 Å². The zero-order valence-corrected chi connectivity index (χ0v) is 10.0. The number of nitriles is 1. The quantitative estimate of drug-likeness (QED) is 0.702. The number of fused-ring (bicyclic) bond motifs is 1. The molecular weight excluding hydrogens is 241 g/mol. The minimum Gasteiger partial charge on any atom is -0.326 e. The first kappa shape index (κ1) is 11.4. The van der Waals surface area contributed by atoms with Gasteiger partial charge in [0.2, 0.25) is 0 Å². The van der Waals surface area contributed by atoms with Crippen LogP contribution >= 0.6 is 0 Å². The average molecular weight is 251 g/mol. The maximum Gasteiger partial charge on any atom is 0.124 e. The molecule has 0 aliphatic rings. The number of nitrogens with zero attached hydrogens (tertiary/aromatic N) is 3. The van der Waals surface area contributed by atoms with E-state index in [0.29, 0.717) is 12.1 Å². The normalized spacial score (nSPS) is 10.5. The van der Waals surface area contributed by atoms with Gasteiger partial charge in [-0.25, -0.2) is 9.37 Å². The molecule has 0 unspecified atom stereocenters. The second-order valence-corrected chi connectivity index (χ2v) is 4.32. The number of benzene rings is 2. The molecule has 0 saturated carbocycles. The number of aromatic nitrogens is 2. The van der Waals surface area contributed by atoms with E-state index >= 15 is 0 Å². The van der Waals surface area contributed by atoms with Crippen molar-refractivity contribution in [3.8, 4) is 6.07 Å². The number of halogens is 1. The molecule has 4 heteroatoms. The lowest BCUT2D eigenvalue weighted by Crippen LogP contribution is -1.99. The number of rotatable bonds is 2. The molecule has 3 nitrogen and oxygen atoms in total. The lowest BCUT2D eigenvalue weighted by molar-refractivity contribution is 0.623. The van der Waals surface area contributed by atoms with E-state index in [4.69, 9.17) is 5.26 Å². The topological polar surface area (TPSA) is 41.6 Å². The third-order valence-electron chi connectivity index (χ3n) is 2.97. The van der Waals surface area contributed by atoms with Gasteiger partial charge in [0, 0.05) is 6.54 Å². The van der Waals surface area contributed by atoms with E-state index in [1.807, 2.05) is 34.9 Å². The van der Waals surface area contributed by atoms with Crippen LogP contribution < -0.4 is 0 Å². The van der Waals surface area contributed by atoms with Gasteiger partial charge in [-0.15, -0.1) is 0 Å². The summed E-state index contributed by atoms with van der Waals surface area (Å²) in [4.78, 5) is 4.28. The van der Waals surface area contributed by atoms with E-state index < -0.39 is 5.82 Å². The van der Waals surface area contributed by atoms with Crippen LogP contribution in [0.15, 0.2) is 48.8 Å². The SMILES string of the molecule is N#Cc1cc(F)cc(Cn2cnc3ccccc32)c1. The van der Waals surface area contributed by atoms with Gasteiger partial charge in [-0.3, -0.25) is 0 Å². The monoisotopic (exact) mass is 251 g/mol. The van der Waals surface area contributed by atoms with Crippen LogP contribution in [0.1, 0.15) is 11.1 Å². The van der Waals surface area contributed by atoms with E-state index in [-0.39, 0.29) is 0 Å². The molecule has 19 heavy (non-hydrogen) atoms. The number of hydrogen-bond donors (Lipinski definition) is 0. The highest BCUT2D eigenvalue weighted by molar-refractivity contribution is 5.75. The maximum atomic E-state index is 13.4. The van der Waals surface area contributed by atoms with Crippen LogP contribution in [-0.4, -0.2) is 9.55 Å². The fourth-order valence-electron chi connectivity index (χ4n) is 2.14. The standard InChI is InChI=1S/C15H10FN3/c16-13-6-11(8-17)5-12(7-13)9-19-10-18-14-3-1-2-4-15(14)19/h1-7,10H,9H2. The summed E-state index contributed by atoms with van der Waals surface area (Å²) < 4.78 is 15.3. The Hall–Kier alpha value is -2.67. The molecule has 3 aromatic rings. The second kappa shape index (κ2) is 4.54. The molecule has 0 saturated heterocycles. The Balaban J connectivity index is 2.02. The molecule has 0 aliphatic heterocycles. The minimum atomic E-state index is -0.390. The van der Waals surface area contributed by atoms with Gasteiger partial charge in [0.25, 0.3) is 0 Å². The van der Waals surface area contributed by atoms with Gasteiger partial charge in [-0.1, -0.05) is 12.1 Å². The summed E-state index contributed by atoms with van der Waals surface area (Å²) in [7, 11) is 0. The highest BCUT2D eigenvalue weighted by Gasteiger charge is 2.05. The Morgan fingerprint density at radius 2 is 2.05 bits per heavy atom. The molecule has 0 radical (unpaired) electrons. The van der Waals surface area contributed by atoms with E-state index in [1.54, 1.807) is 12.4 Å². The molecule has 0 N–H and O–H groups in total. The second-order valence-electron chi connectivity index (χ2n) is 4.32. The molecule has 1 aromatic heterocycles. The highest BCUT2D eigenvalue weighted by atomic mass is 19.1. The van der Waals surface area contributed by atoms with Crippen molar-refractivity contribution in [1.82, 2.24) is 9.55 Å². The molecule has 0 aliphatic carbocycles. The van der Waals surface area contributed by atoms with Crippen molar-refractivity contribution in [2.45, 2.75) is 6.54 Å². The van der Waals surface area contributed by atoms with Crippen LogP contribution in [0, 0.1) is 17.1 Å². The number of para-hydroxylation sites is 2. The Morgan fingerprint density at radius 1 is 1.21 bits per heavy atom. The summed E-state index contributed by atoms with van der Waals surface area (Å²) in [6.07, 6.45) is 1.72. The molecule has 0 atom stereocenters. The number of hydrogen-bond acceptors (Lipinski definition) is 2. The Labute approximate surface area is 109 Å². The van der Waals surface area contributed by atoms with Crippen LogP contribution in [0.2, 0.25) is 0 Å². The zero-order valence-electron chi connectivity index (χ0n) is 10.0. The van der Waals surface area contributed by atoms with E-state index in [0.717, 1.165) is 16.6 Å². The third-order valence-corrected chi connectivity index (χ3v) is 2.97. The van der Waals surface area contributed by atoms with Crippen LogP contribution in [0.3, 0.4) is 0 Å². The van der Waals surface area contributed by atoms with Gasteiger partial charge < -0.3 is 4.57 Å². The molecule has 1 heterocycles. The Bertz CT molecular complexity index is 783. The average Bonchev–Trinajstić information content (AvgIpc) is 2.82. The molecule has 2 aromatic carbocycles. The predicted molar refractivity (Wildman–Crippen MR) is 70.0 cm³/mol. The summed E-state index contributed by atoms with van der Waals surface area (Å²) in [5, 5.41) is 8.85. The van der Waals surface area contributed by atoms with Crippen LogP contribution in [-0.2, 0) is 6.54 Å². The first-order valence-electron chi connectivity index (χ1n) is 5.86. The van der Waals surface area contributed by atoms with Crippen molar-refractivity contribution in [3.05, 3.63) is 65.7 Å². The van der Waals surface area contributed by atoms with E-state index in [9.17, 15) is 4.39 Å². The van der Waals surface area contributed by atoms with Crippen molar-refractivity contribution < 1.29 is 4.39 Å². The van der Waals surface area contributed by atoms with Crippen LogP contribution in [0.25, 0.3) is 11.0 Å². The van der Waals surface area contributed by atoms with E-state index in [2.05, 4.69) is 4.98 Å². The van der Waals surface area contributed by atoms with Gasteiger partial charge in [0.05, 0.1) is 29.0 Å². The van der Waals surface area contributed by atoms with E-state index in [1.165, 1.54) is 12.1 Å². The first-order chi connectivity index (χ1) is 9.26.